The molecule has 0 bridgehead atoms. The minimum absolute atomic E-state index is 0.146. The van der Waals surface area contributed by atoms with E-state index in [2.05, 4.69) is 38.9 Å². The number of carbonyl (C=O) groups is 1. The third kappa shape index (κ3) is 4.68. The number of amides is 1. The van der Waals surface area contributed by atoms with E-state index in [0.29, 0.717) is 11.6 Å². The van der Waals surface area contributed by atoms with E-state index >= 15 is 0 Å². The van der Waals surface area contributed by atoms with Gasteiger partial charge >= 0.3 is 0 Å². The topological polar surface area (TPSA) is 75.9 Å². The Morgan fingerprint density at radius 1 is 1.14 bits per heavy atom. The van der Waals surface area contributed by atoms with Crippen molar-refractivity contribution in [3.05, 3.63) is 66.0 Å². The second kappa shape index (κ2) is 8.96. The molecule has 150 valence electrons. The first-order valence-corrected chi connectivity index (χ1v) is 10.1. The predicted molar refractivity (Wildman–Crippen MR) is 112 cm³/mol. The number of carbonyl (C=O) groups excluding carboxylic acids is 1. The molecular formula is C22H26N6O. The Labute approximate surface area is 170 Å². The van der Waals surface area contributed by atoms with Crippen molar-refractivity contribution in [1.29, 1.82) is 0 Å². The van der Waals surface area contributed by atoms with Crippen LogP contribution in [0.3, 0.4) is 0 Å². The zero-order valence-corrected chi connectivity index (χ0v) is 16.7. The zero-order valence-electron chi connectivity index (χ0n) is 16.7. The summed E-state index contributed by atoms with van der Waals surface area (Å²) in [5.74, 6) is -0.146. The number of aromatic nitrogens is 4. The minimum Gasteiger partial charge on any atom is -0.322 e. The average molecular weight is 390 g/mol. The lowest BCUT2D eigenvalue weighted by atomic mass is 9.94. The fraction of sp³-hybridized carbons (Fsp3) is 0.364. The highest BCUT2D eigenvalue weighted by Gasteiger charge is 2.19. The van der Waals surface area contributed by atoms with E-state index in [0.717, 1.165) is 23.5 Å². The Morgan fingerprint density at radius 3 is 2.76 bits per heavy atom. The maximum atomic E-state index is 12.9. The first kappa shape index (κ1) is 19.3. The number of hydrogen-bond donors (Lipinski definition) is 1. The lowest BCUT2D eigenvalue weighted by molar-refractivity contribution is 0.102. The molecule has 0 atom stereocenters. The fourth-order valence-corrected chi connectivity index (χ4v) is 3.96. The summed E-state index contributed by atoms with van der Waals surface area (Å²) in [4.78, 5) is 15.3. The molecule has 7 heteroatoms. The summed E-state index contributed by atoms with van der Waals surface area (Å²) in [6.45, 7) is 0.825. The van der Waals surface area contributed by atoms with Gasteiger partial charge in [0.15, 0.2) is 0 Å². The van der Waals surface area contributed by atoms with Crippen LogP contribution in [0.1, 0.15) is 48.0 Å². The largest absolute Gasteiger partial charge is 0.322 e. The molecular weight excluding hydrogens is 364 g/mol. The van der Waals surface area contributed by atoms with Gasteiger partial charge in [0.05, 0.1) is 5.69 Å². The van der Waals surface area contributed by atoms with Crippen LogP contribution in [0, 0.1) is 0 Å². The molecule has 1 aliphatic carbocycles. The van der Waals surface area contributed by atoms with E-state index in [1.54, 1.807) is 12.1 Å². The number of para-hydroxylation sites is 1. The van der Waals surface area contributed by atoms with Crippen molar-refractivity contribution in [3.8, 4) is 5.69 Å². The highest BCUT2D eigenvalue weighted by atomic mass is 16.1. The number of rotatable bonds is 6. The molecule has 0 saturated heterocycles. The van der Waals surface area contributed by atoms with Gasteiger partial charge in [-0.05, 0) is 60.1 Å². The van der Waals surface area contributed by atoms with Crippen molar-refractivity contribution in [3.63, 3.8) is 0 Å². The summed E-state index contributed by atoms with van der Waals surface area (Å²) in [6.07, 6.45) is 7.99. The third-order valence-electron chi connectivity index (χ3n) is 5.61. The van der Waals surface area contributed by atoms with Gasteiger partial charge < -0.3 is 5.32 Å². The summed E-state index contributed by atoms with van der Waals surface area (Å²) in [5, 5.41) is 14.3. The number of nitrogens with one attached hydrogen (secondary N) is 1. The monoisotopic (exact) mass is 390 g/mol. The lowest BCUT2D eigenvalue weighted by Gasteiger charge is -2.31. The van der Waals surface area contributed by atoms with Crippen LogP contribution in [0.15, 0.2) is 54.9 Å². The average Bonchev–Trinajstić information content (AvgIpc) is 3.31. The first-order valence-electron chi connectivity index (χ1n) is 10.1. The van der Waals surface area contributed by atoms with Crippen molar-refractivity contribution in [2.45, 2.75) is 44.7 Å². The number of anilines is 1. The number of hydrogen-bond acceptors (Lipinski definition) is 5. The molecule has 3 aromatic rings. The van der Waals surface area contributed by atoms with E-state index in [1.165, 1.54) is 43.1 Å². The Morgan fingerprint density at radius 2 is 1.97 bits per heavy atom. The van der Waals surface area contributed by atoms with Crippen LogP contribution < -0.4 is 5.32 Å². The highest BCUT2D eigenvalue weighted by Crippen LogP contribution is 2.25. The zero-order chi connectivity index (χ0) is 20.1. The summed E-state index contributed by atoms with van der Waals surface area (Å²) in [6, 6.07) is 15.9. The van der Waals surface area contributed by atoms with Crippen LogP contribution in [-0.2, 0) is 6.54 Å². The maximum Gasteiger partial charge on any atom is 0.255 e. The molecule has 1 amide bonds. The number of tetrazole rings is 1. The van der Waals surface area contributed by atoms with Gasteiger partial charge in [0.25, 0.3) is 5.91 Å². The number of benzene rings is 2. The molecule has 1 aromatic heterocycles. The van der Waals surface area contributed by atoms with Gasteiger partial charge in [-0.2, -0.15) is 0 Å². The van der Waals surface area contributed by atoms with Crippen LogP contribution >= 0.6 is 0 Å². The molecule has 1 saturated carbocycles. The predicted octanol–water partition coefficient (Wildman–Crippen LogP) is 3.68. The second-order valence-electron chi connectivity index (χ2n) is 7.62. The Kier molecular flexibility index (Phi) is 5.95. The molecule has 0 radical (unpaired) electrons. The molecule has 1 fully saturated rings. The summed E-state index contributed by atoms with van der Waals surface area (Å²) < 4.78 is 1.53. The van der Waals surface area contributed by atoms with E-state index in [1.807, 2.05) is 30.3 Å². The smallest absolute Gasteiger partial charge is 0.255 e. The molecule has 0 spiro atoms. The fourth-order valence-electron chi connectivity index (χ4n) is 3.96. The van der Waals surface area contributed by atoms with Crippen molar-refractivity contribution in [2.24, 2.45) is 0 Å². The molecule has 1 heterocycles. The second-order valence-corrected chi connectivity index (χ2v) is 7.62. The quantitative estimate of drug-likeness (QED) is 0.695. The molecule has 29 heavy (non-hydrogen) atoms. The van der Waals surface area contributed by atoms with Gasteiger partial charge in [-0.25, -0.2) is 4.68 Å². The van der Waals surface area contributed by atoms with Crippen LogP contribution in [-0.4, -0.2) is 44.1 Å². The summed E-state index contributed by atoms with van der Waals surface area (Å²) in [7, 11) is 2.18. The van der Waals surface area contributed by atoms with E-state index in [4.69, 9.17) is 0 Å². The number of nitrogens with zero attached hydrogens (tertiary/aromatic N) is 5. The molecule has 2 aromatic carbocycles. The Balaban J connectivity index is 1.48. The van der Waals surface area contributed by atoms with Crippen LogP contribution in [0.4, 0.5) is 5.69 Å². The van der Waals surface area contributed by atoms with Crippen LogP contribution in [0.5, 0.6) is 0 Å². The molecule has 1 aliphatic rings. The Hall–Kier alpha value is -3.06. The first-order chi connectivity index (χ1) is 14.2. The van der Waals surface area contributed by atoms with Crippen molar-refractivity contribution >= 4 is 11.6 Å². The summed E-state index contributed by atoms with van der Waals surface area (Å²) >= 11 is 0. The van der Waals surface area contributed by atoms with E-state index in [9.17, 15) is 4.79 Å². The molecule has 4 rings (SSSR count). The molecule has 0 unspecified atom stereocenters. The van der Waals surface area contributed by atoms with Crippen molar-refractivity contribution in [2.75, 3.05) is 12.4 Å². The van der Waals surface area contributed by atoms with Crippen molar-refractivity contribution < 1.29 is 4.79 Å². The Bertz CT molecular complexity index is 949. The highest BCUT2D eigenvalue weighted by molar-refractivity contribution is 6.05. The maximum absolute atomic E-state index is 12.9. The molecule has 0 aliphatic heterocycles. The van der Waals surface area contributed by atoms with Gasteiger partial charge in [0, 0.05) is 23.8 Å². The minimum atomic E-state index is -0.146. The normalized spacial score (nSPS) is 14.8. The van der Waals surface area contributed by atoms with E-state index in [-0.39, 0.29) is 5.91 Å². The third-order valence-corrected chi connectivity index (χ3v) is 5.61. The van der Waals surface area contributed by atoms with E-state index < -0.39 is 0 Å². The lowest BCUT2D eigenvalue weighted by Crippen LogP contribution is -2.33. The standard InChI is InChI=1S/C22H26N6O/c1-27(19-10-3-2-4-11-19)15-18-8-5-6-13-21(18)24-22(29)17-9-7-12-20(14-17)28-16-23-25-26-28/h5-9,12-14,16,19H,2-4,10-11,15H2,1H3,(H,24,29). The van der Waals surface area contributed by atoms with Gasteiger partial charge in [-0.15, -0.1) is 5.10 Å². The van der Waals surface area contributed by atoms with Crippen LogP contribution in [0.25, 0.3) is 5.69 Å². The van der Waals surface area contributed by atoms with Crippen molar-refractivity contribution in [1.82, 2.24) is 25.1 Å². The van der Waals surface area contributed by atoms with Crippen LogP contribution in [0.2, 0.25) is 0 Å². The van der Waals surface area contributed by atoms with Gasteiger partial charge in [0.2, 0.25) is 0 Å². The van der Waals surface area contributed by atoms with Gasteiger partial charge in [-0.1, -0.05) is 43.5 Å². The molecule has 7 nitrogen and oxygen atoms in total. The van der Waals surface area contributed by atoms with Gasteiger partial charge in [0.1, 0.15) is 6.33 Å². The SMILES string of the molecule is CN(Cc1ccccc1NC(=O)c1cccc(-n2cnnn2)c1)C1CCCCC1. The summed E-state index contributed by atoms with van der Waals surface area (Å²) in [5.41, 5.74) is 3.29. The molecule has 1 N–H and O–H groups in total. The van der Waals surface area contributed by atoms with Gasteiger partial charge in [-0.3, -0.25) is 9.69 Å².